The van der Waals surface area contributed by atoms with Gasteiger partial charge in [-0.2, -0.15) is 0 Å². The summed E-state index contributed by atoms with van der Waals surface area (Å²) < 4.78 is 5.64. The molecule has 350 valence electrons. The number of carbonyl (C=O) groups is 4. The first kappa shape index (κ1) is 50.7. The molecule has 66 heavy (non-hydrogen) atoms. The van der Waals surface area contributed by atoms with Crippen molar-refractivity contribution in [2.45, 2.75) is 58.3 Å². The summed E-state index contributed by atoms with van der Waals surface area (Å²) in [5.74, 6) is -0.547. The molecule has 0 bridgehead atoms. The number of hydrogen-bond acceptors (Lipinski definition) is 8. The van der Waals surface area contributed by atoms with Crippen LogP contribution >= 0.6 is 0 Å². The molecule has 0 spiro atoms. The highest BCUT2D eigenvalue weighted by atomic mass is 16.5. The molecule has 4 amide bonds. The fraction of sp³-hybridized carbons (Fsp3) is 0.370. The third kappa shape index (κ3) is 17.2. The van der Waals surface area contributed by atoms with Gasteiger partial charge >= 0.3 is 0 Å². The molecule has 1 saturated heterocycles. The minimum atomic E-state index is -0.289. The number of piperazine rings is 1. The van der Waals surface area contributed by atoms with Gasteiger partial charge in [-0.15, -0.1) is 0 Å². The minimum absolute atomic E-state index is 0.00369. The Morgan fingerprint density at radius 1 is 0.742 bits per heavy atom. The summed E-state index contributed by atoms with van der Waals surface area (Å²) in [6.45, 7) is 7.47. The summed E-state index contributed by atoms with van der Waals surface area (Å²) in [5, 5.41) is 12.2. The lowest BCUT2D eigenvalue weighted by atomic mass is 9.99. The van der Waals surface area contributed by atoms with Crippen LogP contribution in [-0.4, -0.2) is 107 Å². The van der Waals surface area contributed by atoms with E-state index in [1.165, 1.54) is 0 Å². The third-order valence-corrected chi connectivity index (χ3v) is 11.2. The zero-order chi connectivity index (χ0) is 46.8. The van der Waals surface area contributed by atoms with Gasteiger partial charge in [-0.05, 0) is 94.0 Å². The van der Waals surface area contributed by atoms with Gasteiger partial charge in [-0.3, -0.25) is 24.1 Å². The van der Waals surface area contributed by atoms with Gasteiger partial charge in [-0.25, -0.2) is 0 Å². The number of hydrogen-bond donors (Lipinski definition) is 4. The smallest absolute Gasteiger partial charge is 0.258 e. The lowest BCUT2D eigenvalue weighted by Gasteiger charge is -2.32. The molecule has 2 aliphatic heterocycles. The fourth-order valence-corrected chi connectivity index (χ4v) is 7.35. The quantitative estimate of drug-likeness (QED) is 0.0358. The first-order valence-electron chi connectivity index (χ1n) is 23.4. The van der Waals surface area contributed by atoms with Crippen molar-refractivity contribution in [1.29, 1.82) is 0 Å². The fourth-order valence-electron chi connectivity index (χ4n) is 7.35. The van der Waals surface area contributed by atoms with Gasteiger partial charge in [0.1, 0.15) is 0 Å². The maximum atomic E-state index is 13.6. The average molecular weight is 896 g/mol. The van der Waals surface area contributed by atoms with E-state index in [1.54, 1.807) is 30.1 Å². The second-order valence-electron chi connectivity index (χ2n) is 16.4. The van der Waals surface area contributed by atoms with Gasteiger partial charge in [0.2, 0.25) is 11.8 Å². The molecular weight excluding hydrogens is 827 g/mol. The van der Waals surface area contributed by atoms with Crippen molar-refractivity contribution in [1.82, 2.24) is 20.4 Å². The van der Waals surface area contributed by atoms with Crippen LogP contribution in [0.25, 0.3) is 11.3 Å². The molecule has 12 nitrogen and oxygen atoms in total. The number of nitrogens with one attached hydrogen (secondary N) is 4. The van der Waals surface area contributed by atoms with Crippen molar-refractivity contribution in [3.8, 4) is 0 Å². The molecule has 4 N–H and O–H groups in total. The highest BCUT2D eigenvalue weighted by molar-refractivity contribution is 6.37. The Kier molecular flexibility index (Phi) is 21.9. The molecule has 1 fully saturated rings. The van der Waals surface area contributed by atoms with E-state index >= 15 is 0 Å². The van der Waals surface area contributed by atoms with Crippen molar-refractivity contribution in [3.05, 3.63) is 150 Å². The number of carbonyl (C=O) groups excluding carboxylic acids is 4. The number of likely N-dealkylation sites (N-methyl/N-ethyl adjacent to an activating group) is 2. The molecule has 3 aromatic rings. The highest BCUT2D eigenvalue weighted by Gasteiger charge is 2.29. The molecule has 0 saturated carbocycles. The van der Waals surface area contributed by atoms with Gasteiger partial charge in [0.15, 0.2) is 0 Å². The SMILES string of the molecule is CC/C=C\C/C=C\C/C=C\C/C=C\C/C=C\CCCC(=O)NCCOCCNC(=O)c1ccc2c(c1)NC(=O)/C2=C(\Nc1ccc(N(C)C(=O)CN2CCN(C)CC2)cc1)c1ccccc1. The number of benzene rings is 3. The summed E-state index contributed by atoms with van der Waals surface area (Å²) in [5.41, 5.74) is 5.04. The predicted molar refractivity (Wildman–Crippen MR) is 270 cm³/mol. The number of amides is 4. The standard InChI is InChI=1S/C54H69N7O5/c1-4-5-6-7-8-9-10-11-12-13-14-15-16-17-18-19-23-26-49(62)55-33-39-66-40-34-56-53(64)44-27-32-47-48(41-44)58-54(65)51(47)52(43-24-21-20-22-25-43)57-45-28-30-46(31-29-45)60(3)50(63)42-61-37-35-59(2)36-38-61/h5-6,8-9,11-12,14-15,17-18,20-22,24-25,27-32,41,57H,4,7,10,13,16,19,23,26,33-40,42H2,1-3H3,(H,55,62)(H,56,64)(H,58,65)/b6-5-,9-8-,12-11-,15-14-,18-17-,52-51-. The van der Waals surface area contributed by atoms with E-state index in [1.807, 2.05) is 54.6 Å². The monoisotopic (exact) mass is 896 g/mol. The molecule has 0 aliphatic carbocycles. The van der Waals surface area contributed by atoms with Crippen LogP contribution in [-0.2, 0) is 19.1 Å². The first-order valence-corrected chi connectivity index (χ1v) is 23.4. The van der Waals surface area contributed by atoms with Crippen molar-refractivity contribution in [2.75, 3.05) is 88.7 Å². The van der Waals surface area contributed by atoms with E-state index in [9.17, 15) is 19.2 Å². The number of ether oxygens (including phenoxy) is 1. The number of allylic oxidation sites excluding steroid dienone is 10. The molecular formula is C54H69N7O5. The van der Waals surface area contributed by atoms with Crippen LogP contribution in [0.2, 0.25) is 0 Å². The average Bonchev–Trinajstić information content (AvgIpc) is 3.66. The molecule has 0 aromatic heterocycles. The van der Waals surface area contributed by atoms with Gasteiger partial charge < -0.3 is 35.8 Å². The molecule has 0 atom stereocenters. The first-order chi connectivity index (χ1) is 32.2. The zero-order valence-corrected chi connectivity index (χ0v) is 39.1. The van der Waals surface area contributed by atoms with Gasteiger partial charge in [0.25, 0.3) is 11.8 Å². The molecule has 0 radical (unpaired) electrons. The number of nitrogens with zero attached hydrogens (tertiary/aromatic N) is 3. The molecule has 12 heteroatoms. The summed E-state index contributed by atoms with van der Waals surface area (Å²) in [6, 6.07) is 22.4. The van der Waals surface area contributed by atoms with Crippen LogP contribution in [0.15, 0.2) is 134 Å². The zero-order valence-electron chi connectivity index (χ0n) is 39.1. The summed E-state index contributed by atoms with van der Waals surface area (Å²) in [7, 11) is 3.89. The van der Waals surface area contributed by atoms with Crippen LogP contribution in [0.1, 0.15) is 79.8 Å². The van der Waals surface area contributed by atoms with Crippen molar-refractivity contribution >= 4 is 52.0 Å². The van der Waals surface area contributed by atoms with Gasteiger partial charge in [-0.1, -0.05) is 104 Å². The van der Waals surface area contributed by atoms with Crippen molar-refractivity contribution < 1.29 is 23.9 Å². The highest BCUT2D eigenvalue weighted by Crippen LogP contribution is 2.38. The number of unbranched alkanes of at least 4 members (excludes halogenated alkanes) is 1. The van der Waals surface area contributed by atoms with E-state index in [2.05, 4.69) is 106 Å². The molecule has 5 rings (SSSR count). The maximum Gasteiger partial charge on any atom is 0.258 e. The van der Waals surface area contributed by atoms with Crippen molar-refractivity contribution in [3.63, 3.8) is 0 Å². The third-order valence-electron chi connectivity index (χ3n) is 11.2. The van der Waals surface area contributed by atoms with Crippen LogP contribution in [0.3, 0.4) is 0 Å². The van der Waals surface area contributed by atoms with Gasteiger partial charge in [0, 0.05) is 80.9 Å². The topological polar surface area (TPSA) is 135 Å². The maximum absolute atomic E-state index is 13.6. The molecule has 3 aromatic carbocycles. The van der Waals surface area contributed by atoms with Crippen LogP contribution in [0, 0.1) is 0 Å². The minimum Gasteiger partial charge on any atom is -0.378 e. The van der Waals surface area contributed by atoms with E-state index in [0.717, 1.165) is 88.1 Å². The lowest BCUT2D eigenvalue weighted by Crippen LogP contribution is -2.48. The predicted octanol–water partition coefficient (Wildman–Crippen LogP) is 8.61. The largest absolute Gasteiger partial charge is 0.378 e. The summed E-state index contributed by atoms with van der Waals surface area (Å²) in [6.07, 6.45) is 28.7. The Labute approximate surface area is 392 Å². The van der Waals surface area contributed by atoms with E-state index in [0.29, 0.717) is 54.2 Å². The van der Waals surface area contributed by atoms with Gasteiger partial charge in [0.05, 0.1) is 31.0 Å². The van der Waals surface area contributed by atoms with Crippen molar-refractivity contribution in [2.24, 2.45) is 0 Å². The van der Waals surface area contributed by atoms with Crippen LogP contribution < -0.4 is 26.2 Å². The summed E-state index contributed by atoms with van der Waals surface area (Å²) >= 11 is 0. The number of anilines is 3. The number of fused-ring (bicyclic) bond motifs is 1. The van der Waals surface area contributed by atoms with Crippen LogP contribution in [0.5, 0.6) is 0 Å². The Morgan fingerprint density at radius 2 is 1.36 bits per heavy atom. The number of rotatable bonds is 26. The molecule has 2 aliphatic rings. The summed E-state index contributed by atoms with van der Waals surface area (Å²) in [4.78, 5) is 58.2. The normalized spacial score (nSPS) is 15.3. The molecule has 0 unspecified atom stereocenters. The second kappa shape index (κ2) is 28.5. The van der Waals surface area contributed by atoms with E-state index < -0.39 is 0 Å². The molecule has 2 heterocycles. The van der Waals surface area contributed by atoms with Crippen LogP contribution in [0.4, 0.5) is 17.1 Å². The Balaban J connectivity index is 1.00. The van der Waals surface area contributed by atoms with E-state index in [4.69, 9.17) is 4.74 Å². The Bertz CT molecular complexity index is 2200. The van der Waals surface area contributed by atoms with E-state index in [-0.39, 0.29) is 36.8 Å². The lowest BCUT2D eigenvalue weighted by molar-refractivity contribution is -0.121. The second-order valence-corrected chi connectivity index (χ2v) is 16.4. The Morgan fingerprint density at radius 3 is 2.02 bits per heavy atom. The Hall–Kier alpha value is -6.34.